The first-order chi connectivity index (χ1) is 14.6. The molecule has 3 nitrogen and oxygen atoms in total. The molecular formula is C23H20ClF3N2OS. The number of benzene rings is 2. The number of nitrogens with zero attached hydrogens (tertiary/aromatic N) is 1. The third kappa shape index (κ3) is 6.24. The van der Waals surface area contributed by atoms with Crippen LogP contribution in [0, 0.1) is 13.8 Å². The van der Waals surface area contributed by atoms with Crippen molar-refractivity contribution in [1.82, 2.24) is 10.3 Å². The first-order valence-electron chi connectivity index (χ1n) is 9.48. The van der Waals surface area contributed by atoms with Crippen molar-refractivity contribution in [3.63, 3.8) is 0 Å². The van der Waals surface area contributed by atoms with Crippen LogP contribution >= 0.6 is 23.4 Å². The molecule has 2 aromatic carbocycles. The molecule has 0 saturated carbocycles. The number of hydrogen-bond acceptors (Lipinski definition) is 3. The Hall–Kier alpha value is -2.51. The number of amides is 1. The molecule has 0 aliphatic carbocycles. The van der Waals surface area contributed by atoms with Crippen LogP contribution in [0.4, 0.5) is 13.2 Å². The molecule has 1 N–H and O–H groups in total. The Labute approximate surface area is 188 Å². The first kappa shape index (κ1) is 23.2. The van der Waals surface area contributed by atoms with Crippen LogP contribution in [0.25, 0.3) is 0 Å². The van der Waals surface area contributed by atoms with Crippen molar-refractivity contribution < 1.29 is 18.0 Å². The zero-order chi connectivity index (χ0) is 22.6. The number of pyridine rings is 1. The molecule has 0 aliphatic rings. The number of carbonyl (C=O) groups is 1. The molecular weight excluding hydrogens is 445 g/mol. The minimum atomic E-state index is -4.44. The molecule has 1 aromatic heterocycles. The van der Waals surface area contributed by atoms with Gasteiger partial charge >= 0.3 is 6.18 Å². The second-order valence-corrected chi connectivity index (χ2v) is 8.57. The Morgan fingerprint density at radius 2 is 1.90 bits per heavy atom. The van der Waals surface area contributed by atoms with Gasteiger partial charge in [-0.05, 0) is 55.7 Å². The van der Waals surface area contributed by atoms with E-state index in [-0.39, 0.29) is 16.6 Å². The summed E-state index contributed by atoms with van der Waals surface area (Å²) in [6.07, 6.45) is -2.39. The van der Waals surface area contributed by atoms with Gasteiger partial charge in [-0.15, -0.1) is 0 Å². The number of alkyl halides is 3. The smallest absolute Gasteiger partial charge is 0.352 e. The van der Waals surface area contributed by atoms with E-state index in [1.807, 2.05) is 26.0 Å². The monoisotopic (exact) mass is 464 g/mol. The van der Waals surface area contributed by atoms with E-state index in [0.29, 0.717) is 22.8 Å². The van der Waals surface area contributed by atoms with Gasteiger partial charge in [-0.1, -0.05) is 53.2 Å². The van der Waals surface area contributed by atoms with Gasteiger partial charge in [-0.2, -0.15) is 13.2 Å². The van der Waals surface area contributed by atoms with Crippen LogP contribution in [-0.4, -0.2) is 17.4 Å². The Morgan fingerprint density at radius 1 is 1.13 bits per heavy atom. The molecule has 0 spiro atoms. The van der Waals surface area contributed by atoms with E-state index >= 15 is 0 Å². The quantitative estimate of drug-likeness (QED) is 0.424. The average Bonchev–Trinajstić information content (AvgIpc) is 2.70. The van der Waals surface area contributed by atoms with Crippen LogP contribution in [0.15, 0.2) is 64.5 Å². The third-order valence-corrected chi connectivity index (χ3v) is 5.89. The number of carbonyl (C=O) groups excluding carboxylic acids is 1. The summed E-state index contributed by atoms with van der Waals surface area (Å²) in [6, 6.07) is 12.5. The molecule has 0 saturated heterocycles. The average molecular weight is 465 g/mol. The first-order valence-corrected chi connectivity index (χ1v) is 10.7. The Morgan fingerprint density at radius 3 is 2.61 bits per heavy atom. The fourth-order valence-corrected chi connectivity index (χ4v) is 4.18. The van der Waals surface area contributed by atoms with E-state index in [2.05, 4.69) is 16.4 Å². The number of hydrogen-bond donors (Lipinski definition) is 1. The van der Waals surface area contributed by atoms with Crippen molar-refractivity contribution in [3.05, 3.63) is 87.7 Å². The highest BCUT2D eigenvalue weighted by Gasteiger charge is 2.30. The lowest BCUT2D eigenvalue weighted by Crippen LogP contribution is -2.26. The normalized spacial score (nSPS) is 11.4. The fraction of sp³-hybridized carbons (Fsp3) is 0.217. The summed E-state index contributed by atoms with van der Waals surface area (Å²) in [4.78, 5) is 17.5. The van der Waals surface area contributed by atoms with Gasteiger partial charge in [0.1, 0.15) is 5.15 Å². The second kappa shape index (κ2) is 9.75. The number of nitrogens with one attached hydrogen (secondary N) is 1. The van der Waals surface area contributed by atoms with Gasteiger partial charge in [0.2, 0.25) is 0 Å². The minimum Gasteiger partial charge on any atom is -0.352 e. The third-order valence-electron chi connectivity index (χ3n) is 4.65. The predicted molar refractivity (Wildman–Crippen MR) is 117 cm³/mol. The summed E-state index contributed by atoms with van der Waals surface area (Å²) < 4.78 is 39.0. The van der Waals surface area contributed by atoms with Gasteiger partial charge in [0.15, 0.2) is 0 Å². The summed E-state index contributed by atoms with van der Waals surface area (Å²) in [5.74, 6) is -0.358. The summed E-state index contributed by atoms with van der Waals surface area (Å²) in [5, 5.41) is 2.99. The van der Waals surface area contributed by atoms with Crippen LogP contribution in [0.5, 0.6) is 0 Å². The van der Waals surface area contributed by atoms with Crippen molar-refractivity contribution in [2.45, 2.75) is 36.2 Å². The van der Waals surface area contributed by atoms with Crippen LogP contribution in [0.2, 0.25) is 5.15 Å². The molecule has 3 rings (SSSR count). The largest absolute Gasteiger partial charge is 0.416 e. The lowest BCUT2D eigenvalue weighted by Gasteiger charge is -2.12. The van der Waals surface area contributed by atoms with E-state index < -0.39 is 11.7 Å². The SMILES string of the molecule is Cc1ccc(CCNC(=O)c2cc(Cl)ncc2Sc2cccc(C(F)(F)F)c2)c(C)c1. The Bertz CT molecular complexity index is 1100. The highest BCUT2D eigenvalue weighted by Crippen LogP contribution is 2.35. The summed E-state index contributed by atoms with van der Waals surface area (Å²) in [6.45, 7) is 4.46. The molecule has 8 heteroatoms. The van der Waals surface area contributed by atoms with Crippen LogP contribution in [0.3, 0.4) is 0 Å². The van der Waals surface area contributed by atoms with Gasteiger partial charge in [-0.3, -0.25) is 4.79 Å². The second-order valence-electron chi connectivity index (χ2n) is 7.07. The molecule has 1 heterocycles. The minimum absolute atomic E-state index is 0.132. The van der Waals surface area contributed by atoms with E-state index in [4.69, 9.17) is 11.6 Å². The molecule has 1 amide bonds. The van der Waals surface area contributed by atoms with Crippen molar-refractivity contribution in [3.8, 4) is 0 Å². The number of aryl methyl sites for hydroxylation is 2. The van der Waals surface area contributed by atoms with E-state index in [0.717, 1.165) is 35.0 Å². The van der Waals surface area contributed by atoms with E-state index in [9.17, 15) is 18.0 Å². The van der Waals surface area contributed by atoms with Gasteiger partial charge in [0.25, 0.3) is 5.91 Å². The van der Waals surface area contributed by atoms with Gasteiger partial charge < -0.3 is 5.32 Å². The fourth-order valence-electron chi connectivity index (χ4n) is 3.07. The Balaban J connectivity index is 1.74. The lowest BCUT2D eigenvalue weighted by molar-refractivity contribution is -0.137. The molecule has 31 heavy (non-hydrogen) atoms. The topological polar surface area (TPSA) is 42.0 Å². The summed E-state index contributed by atoms with van der Waals surface area (Å²) in [7, 11) is 0. The van der Waals surface area contributed by atoms with Gasteiger partial charge in [-0.25, -0.2) is 4.98 Å². The van der Waals surface area contributed by atoms with E-state index in [1.54, 1.807) is 6.07 Å². The van der Waals surface area contributed by atoms with Crippen LogP contribution < -0.4 is 5.32 Å². The lowest BCUT2D eigenvalue weighted by atomic mass is 10.0. The van der Waals surface area contributed by atoms with E-state index in [1.165, 1.54) is 23.9 Å². The molecule has 0 atom stereocenters. The van der Waals surface area contributed by atoms with Crippen molar-refractivity contribution in [2.24, 2.45) is 0 Å². The number of rotatable bonds is 6. The predicted octanol–water partition coefficient (Wildman–Crippen LogP) is 6.49. The molecule has 0 unspecified atom stereocenters. The van der Waals surface area contributed by atoms with Crippen molar-refractivity contribution >= 4 is 29.3 Å². The van der Waals surface area contributed by atoms with Gasteiger partial charge in [0, 0.05) is 22.5 Å². The number of halogens is 4. The maximum absolute atomic E-state index is 13.0. The highest BCUT2D eigenvalue weighted by molar-refractivity contribution is 7.99. The molecule has 0 fully saturated rings. The number of aromatic nitrogens is 1. The van der Waals surface area contributed by atoms with Crippen LogP contribution in [0.1, 0.15) is 32.6 Å². The molecule has 162 valence electrons. The zero-order valence-corrected chi connectivity index (χ0v) is 18.5. The van der Waals surface area contributed by atoms with Gasteiger partial charge in [0.05, 0.1) is 11.1 Å². The molecule has 0 aliphatic heterocycles. The summed E-state index contributed by atoms with van der Waals surface area (Å²) >= 11 is 7.00. The highest BCUT2D eigenvalue weighted by atomic mass is 35.5. The maximum atomic E-state index is 13.0. The molecule has 0 bridgehead atoms. The van der Waals surface area contributed by atoms with Crippen molar-refractivity contribution in [1.29, 1.82) is 0 Å². The van der Waals surface area contributed by atoms with Crippen molar-refractivity contribution in [2.75, 3.05) is 6.54 Å². The standard InChI is InChI=1S/C23H20ClF3N2OS/c1-14-6-7-16(15(2)10-14)8-9-28-22(30)19-12-21(24)29-13-20(19)31-18-5-3-4-17(11-18)23(25,26)27/h3-7,10-13H,8-9H2,1-2H3,(H,28,30). The molecule has 0 radical (unpaired) electrons. The maximum Gasteiger partial charge on any atom is 0.416 e. The van der Waals surface area contributed by atoms with Crippen LogP contribution in [-0.2, 0) is 12.6 Å². The Kier molecular flexibility index (Phi) is 7.28. The molecule has 3 aromatic rings. The summed E-state index contributed by atoms with van der Waals surface area (Å²) in [5.41, 5.74) is 2.98. The zero-order valence-electron chi connectivity index (χ0n) is 16.9.